The summed E-state index contributed by atoms with van der Waals surface area (Å²) in [5.74, 6) is 5.99. The molecule has 4 heteroatoms. The minimum atomic E-state index is -0.168. The van der Waals surface area contributed by atoms with Crippen LogP contribution in [0.15, 0.2) is 36.8 Å². The molecule has 0 aromatic carbocycles. The van der Waals surface area contributed by atoms with Gasteiger partial charge in [-0.25, -0.2) is 0 Å². The van der Waals surface area contributed by atoms with E-state index in [4.69, 9.17) is 9.84 Å². The molecule has 0 bridgehead atoms. The van der Waals surface area contributed by atoms with Gasteiger partial charge in [-0.15, -0.1) is 0 Å². The molecule has 2 aromatic rings. The highest BCUT2D eigenvalue weighted by Gasteiger charge is 2.01. The number of aromatic nitrogens is 2. The van der Waals surface area contributed by atoms with E-state index in [9.17, 15) is 0 Å². The number of nitrogens with zero attached hydrogens (tertiary/aromatic N) is 2. The number of aliphatic hydroxyl groups excluding tert-OH is 1. The van der Waals surface area contributed by atoms with Gasteiger partial charge in [0.1, 0.15) is 19.0 Å². The third kappa shape index (κ3) is 3.80. The van der Waals surface area contributed by atoms with Gasteiger partial charge in [0.25, 0.3) is 0 Å². The number of aliphatic hydroxyl groups is 1. The van der Waals surface area contributed by atoms with Gasteiger partial charge in [-0.1, -0.05) is 17.9 Å². The van der Waals surface area contributed by atoms with Gasteiger partial charge >= 0.3 is 0 Å². The summed E-state index contributed by atoms with van der Waals surface area (Å²) in [6, 6.07) is 5.67. The Hall–Kier alpha value is -2.38. The van der Waals surface area contributed by atoms with E-state index < -0.39 is 0 Å². The molecule has 2 heterocycles. The molecular weight excluding hydrogens is 240 g/mol. The predicted octanol–water partition coefficient (Wildman–Crippen LogP) is 1.71. The maximum Gasteiger partial charge on any atom is 0.139 e. The topological polar surface area (TPSA) is 55.2 Å². The van der Waals surface area contributed by atoms with E-state index >= 15 is 0 Å². The lowest BCUT2D eigenvalue weighted by molar-refractivity contribution is 0.299. The van der Waals surface area contributed by atoms with Crippen molar-refractivity contribution in [1.82, 2.24) is 9.97 Å². The van der Waals surface area contributed by atoms with E-state index in [0.717, 1.165) is 11.3 Å². The molecule has 19 heavy (non-hydrogen) atoms. The SMILES string of the molecule is Cc1cccnc1COc1cncc(C#CCO)c1. The fourth-order valence-corrected chi connectivity index (χ4v) is 1.53. The van der Waals surface area contributed by atoms with Gasteiger partial charge in [-0.2, -0.15) is 0 Å². The third-order valence-electron chi connectivity index (χ3n) is 2.52. The van der Waals surface area contributed by atoms with Crippen molar-refractivity contribution in [3.8, 4) is 17.6 Å². The average Bonchev–Trinajstić information content (AvgIpc) is 2.45. The fourth-order valence-electron chi connectivity index (χ4n) is 1.53. The molecule has 0 spiro atoms. The first-order valence-corrected chi connectivity index (χ1v) is 5.87. The van der Waals surface area contributed by atoms with Crippen molar-refractivity contribution in [2.24, 2.45) is 0 Å². The fraction of sp³-hybridized carbons (Fsp3) is 0.200. The second-order valence-electron chi connectivity index (χ2n) is 3.92. The van der Waals surface area contributed by atoms with Crippen molar-refractivity contribution < 1.29 is 9.84 Å². The first kappa shape index (κ1) is 13.1. The summed E-state index contributed by atoms with van der Waals surface area (Å²) in [5, 5.41) is 8.65. The van der Waals surface area contributed by atoms with E-state index in [-0.39, 0.29) is 6.61 Å². The van der Waals surface area contributed by atoms with Gasteiger partial charge in [-0.05, 0) is 24.6 Å². The summed E-state index contributed by atoms with van der Waals surface area (Å²) in [6.45, 7) is 2.22. The molecule has 96 valence electrons. The van der Waals surface area contributed by atoms with Crippen LogP contribution >= 0.6 is 0 Å². The Labute approximate surface area is 112 Å². The van der Waals surface area contributed by atoms with Gasteiger partial charge in [-0.3, -0.25) is 9.97 Å². The van der Waals surface area contributed by atoms with E-state index in [1.807, 2.05) is 19.1 Å². The Balaban J connectivity index is 2.06. The normalized spacial score (nSPS) is 9.58. The number of hydrogen-bond donors (Lipinski definition) is 1. The molecule has 4 nitrogen and oxygen atoms in total. The highest BCUT2D eigenvalue weighted by atomic mass is 16.5. The Morgan fingerprint density at radius 2 is 2.26 bits per heavy atom. The smallest absolute Gasteiger partial charge is 0.139 e. The number of hydrogen-bond acceptors (Lipinski definition) is 4. The van der Waals surface area contributed by atoms with Crippen molar-refractivity contribution in [2.75, 3.05) is 6.61 Å². The standard InChI is InChI=1S/C15H14N2O2/c1-12-4-2-6-17-15(12)11-19-14-8-13(5-3-7-18)9-16-10-14/h2,4,6,8-10,18H,7,11H2,1H3. The lowest BCUT2D eigenvalue weighted by Crippen LogP contribution is -2.00. The quantitative estimate of drug-likeness (QED) is 0.847. The molecule has 0 saturated carbocycles. The van der Waals surface area contributed by atoms with E-state index in [1.165, 1.54) is 0 Å². The molecule has 2 aromatic heterocycles. The van der Waals surface area contributed by atoms with Gasteiger partial charge < -0.3 is 9.84 Å². The lowest BCUT2D eigenvalue weighted by Gasteiger charge is -2.07. The molecule has 0 atom stereocenters. The van der Waals surface area contributed by atoms with Crippen LogP contribution in [-0.2, 0) is 6.61 Å². The second-order valence-corrected chi connectivity index (χ2v) is 3.92. The second kappa shape index (κ2) is 6.53. The number of ether oxygens (including phenoxy) is 1. The molecule has 0 radical (unpaired) electrons. The van der Waals surface area contributed by atoms with Gasteiger partial charge in [0.15, 0.2) is 0 Å². The van der Waals surface area contributed by atoms with Crippen LogP contribution in [0, 0.1) is 18.8 Å². The summed E-state index contributed by atoms with van der Waals surface area (Å²) >= 11 is 0. The summed E-state index contributed by atoms with van der Waals surface area (Å²) in [6.07, 6.45) is 5.00. The van der Waals surface area contributed by atoms with Crippen molar-refractivity contribution in [1.29, 1.82) is 0 Å². The molecule has 0 unspecified atom stereocenters. The van der Waals surface area contributed by atoms with Gasteiger partial charge in [0, 0.05) is 18.0 Å². The van der Waals surface area contributed by atoms with Crippen molar-refractivity contribution in [2.45, 2.75) is 13.5 Å². The van der Waals surface area contributed by atoms with Crippen LogP contribution < -0.4 is 4.74 Å². The van der Waals surface area contributed by atoms with Crippen LogP contribution in [0.25, 0.3) is 0 Å². The van der Waals surface area contributed by atoms with Crippen molar-refractivity contribution in [3.05, 3.63) is 53.6 Å². The van der Waals surface area contributed by atoms with Crippen LogP contribution in [-0.4, -0.2) is 21.7 Å². The number of aryl methyl sites for hydroxylation is 1. The Kier molecular flexibility index (Phi) is 4.49. The summed E-state index contributed by atoms with van der Waals surface area (Å²) in [7, 11) is 0. The van der Waals surface area contributed by atoms with Crippen molar-refractivity contribution >= 4 is 0 Å². The maximum absolute atomic E-state index is 8.65. The summed E-state index contributed by atoms with van der Waals surface area (Å²) in [5.41, 5.74) is 2.70. The van der Waals surface area contributed by atoms with E-state index in [2.05, 4.69) is 21.8 Å². The first-order valence-electron chi connectivity index (χ1n) is 5.87. The average molecular weight is 254 g/mol. The van der Waals surface area contributed by atoms with Gasteiger partial charge in [0.2, 0.25) is 0 Å². The van der Waals surface area contributed by atoms with Crippen molar-refractivity contribution in [3.63, 3.8) is 0 Å². The summed E-state index contributed by atoms with van der Waals surface area (Å²) in [4.78, 5) is 8.30. The van der Waals surface area contributed by atoms with Crippen LogP contribution in [0.1, 0.15) is 16.8 Å². The minimum Gasteiger partial charge on any atom is -0.486 e. The van der Waals surface area contributed by atoms with Crippen LogP contribution in [0.3, 0.4) is 0 Å². The highest BCUT2D eigenvalue weighted by molar-refractivity contribution is 5.36. The molecular formula is C15H14N2O2. The first-order chi connectivity index (χ1) is 9.29. The molecule has 0 aliphatic heterocycles. The van der Waals surface area contributed by atoms with E-state index in [1.54, 1.807) is 24.7 Å². The molecule has 0 fully saturated rings. The van der Waals surface area contributed by atoms with Crippen LogP contribution in [0.2, 0.25) is 0 Å². The molecule has 0 saturated heterocycles. The Bertz CT molecular complexity index is 615. The third-order valence-corrected chi connectivity index (χ3v) is 2.52. The lowest BCUT2D eigenvalue weighted by atomic mass is 10.2. The molecule has 0 aliphatic rings. The maximum atomic E-state index is 8.65. The zero-order chi connectivity index (χ0) is 13.5. The zero-order valence-electron chi connectivity index (χ0n) is 10.6. The molecule has 1 N–H and O–H groups in total. The van der Waals surface area contributed by atoms with Gasteiger partial charge in [0.05, 0.1) is 11.9 Å². The number of rotatable bonds is 3. The number of pyridine rings is 2. The highest BCUT2D eigenvalue weighted by Crippen LogP contribution is 2.13. The Morgan fingerprint density at radius 1 is 1.37 bits per heavy atom. The monoisotopic (exact) mass is 254 g/mol. The minimum absolute atomic E-state index is 0.168. The molecule has 0 aliphatic carbocycles. The summed E-state index contributed by atoms with van der Waals surface area (Å²) < 4.78 is 5.64. The Morgan fingerprint density at radius 3 is 3.05 bits per heavy atom. The zero-order valence-corrected chi connectivity index (χ0v) is 10.6. The molecule has 2 rings (SSSR count). The van der Waals surface area contributed by atoms with E-state index in [0.29, 0.717) is 17.9 Å². The largest absolute Gasteiger partial charge is 0.486 e. The van der Waals surface area contributed by atoms with Crippen LogP contribution in [0.5, 0.6) is 5.75 Å². The van der Waals surface area contributed by atoms with Crippen LogP contribution in [0.4, 0.5) is 0 Å². The predicted molar refractivity (Wildman–Crippen MR) is 71.5 cm³/mol. The molecule has 0 amide bonds.